The topological polar surface area (TPSA) is 63.2 Å². The van der Waals surface area contributed by atoms with Crippen LogP contribution >= 0.6 is 0 Å². The summed E-state index contributed by atoms with van der Waals surface area (Å²) in [6, 6.07) is 3.55. The van der Waals surface area contributed by atoms with Crippen molar-refractivity contribution in [2.45, 2.75) is 27.2 Å². The molecule has 1 rings (SSSR count). The molecule has 0 aliphatic rings. The van der Waals surface area contributed by atoms with E-state index in [-0.39, 0.29) is 11.3 Å². The summed E-state index contributed by atoms with van der Waals surface area (Å²) < 4.78 is 5.09. The number of pyridine rings is 1. The highest BCUT2D eigenvalue weighted by Crippen LogP contribution is 2.19. The van der Waals surface area contributed by atoms with Crippen molar-refractivity contribution in [2.24, 2.45) is 5.41 Å². The lowest BCUT2D eigenvalue weighted by Gasteiger charge is -2.24. The molecule has 112 valence electrons. The zero-order valence-electron chi connectivity index (χ0n) is 12.8. The number of aromatic nitrogens is 1. The van der Waals surface area contributed by atoms with E-state index in [1.54, 1.807) is 25.4 Å². The Morgan fingerprint density at radius 3 is 2.85 bits per heavy atom. The predicted octanol–water partition coefficient (Wildman–Crippen LogP) is 2.31. The highest BCUT2D eigenvalue weighted by atomic mass is 16.5. The van der Waals surface area contributed by atoms with Crippen LogP contribution in [0.4, 0.5) is 5.82 Å². The first-order valence-corrected chi connectivity index (χ1v) is 6.96. The summed E-state index contributed by atoms with van der Waals surface area (Å²) in [4.78, 5) is 16.4. The van der Waals surface area contributed by atoms with Crippen molar-refractivity contribution >= 4 is 11.7 Å². The van der Waals surface area contributed by atoms with Crippen LogP contribution in [0, 0.1) is 5.41 Å². The van der Waals surface area contributed by atoms with Crippen LogP contribution in [0.2, 0.25) is 0 Å². The number of nitrogens with one attached hydrogen (secondary N) is 2. The summed E-state index contributed by atoms with van der Waals surface area (Å²) >= 11 is 0. The van der Waals surface area contributed by atoms with Crippen LogP contribution in [0.3, 0.4) is 0 Å². The number of hydrogen-bond acceptors (Lipinski definition) is 4. The fourth-order valence-corrected chi connectivity index (χ4v) is 1.78. The molecule has 0 fully saturated rings. The molecule has 0 radical (unpaired) electrons. The van der Waals surface area contributed by atoms with E-state index in [1.807, 2.05) is 6.92 Å². The molecule has 20 heavy (non-hydrogen) atoms. The van der Waals surface area contributed by atoms with E-state index in [0.717, 1.165) is 13.0 Å². The van der Waals surface area contributed by atoms with Gasteiger partial charge < -0.3 is 15.4 Å². The molecule has 0 atom stereocenters. The number of rotatable bonds is 8. The third-order valence-electron chi connectivity index (χ3n) is 3.11. The summed E-state index contributed by atoms with van der Waals surface area (Å²) in [5.74, 6) is 0.529. The smallest absolute Gasteiger partial charge is 0.255 e. The van der Waals surface area contributed by atoms with Gasteiger partial charge in [-0.05, 0) is 30.9 Å². The van der Waals surface area contributed by atoms with E-state index in [2.05, 4.69) is 29.5 Å². The van der Waals surface area contributed by atoms with Gasteiger partial charge in [0.15, 0.2) is 0 Å². The van der Waals surface area contributed by atoms with E-state index in [1.165, 1.54) is 0 Å². The number of hydrogen-bond donors (Lipinski definition) is 2. The third kappa shape index (κ3) is 5.17. The van der Waals surface area contributed by atoms with Crippen molar-refractivity contribution in [1.29, 1.82) is 0 Å². The van der Waals surface area contributed by atoms with Gasteiger partial charge >= 0.3 is 0 Å². The molecule has 0 aliphatic heterocycles. The van der Waals surface area contributed by atoms with E-state index >= 15 is 0 Å². The maximum atomic E-state index is 12.2. The first kappa shape index (κ1) is 16.4. The highest BCUT2D eigenvalue weighted by Gasteiger charge is 2.20. The lowest BCUT2D eigenvalue weighted by Crippen LogP contribution is -2.35. The number of carbonyl (C=O) groups excluding carboxylic acids is 1. The minimum atomic E-state index is -0.0976. The summed E-state index contributed by atoms with van der Waals surface area (Å²) in [7, 11) is 1.69. The molecule has 0 saturated carbocycles. The predicted molar refractivity (Wildman–Crippen MR) is 81.0 cm³/mol. The van der Waals surface area contributed by atoms with E-state index in [9.17, 15) is 4.79 Å². The van der Waals surface area contributed by atoms with Gasteiger partial charge in [0.05, 0.1) is 5.56 Å². The molecule has 0 spiro atoms. The second-order valence-corrected chi connectivity index (χ2v) is 5.52. The fraction of sp³-hybridized carbons (Fsp3) is 0.600. The third-order valence-corrected chi connectivity index (χ3v) is 3.11. The van der Waals surface area contributed by atoms with Gasteiger partial charge in [0.1, 0.15) is 5.82 Å². The van der Waals surface area contributed by atoms with Crippen LogP contribution in [0.15, 0.2) is 18.3 Å². The number of ether oxygens (including phenoxy) is 1. The number of carbonyl (C=O) groups is 1. The molecular weight excluding hydrogens is 254 g/mol. The van der Waals surface area contributed by atoms with Crippen LogP contribution in [0.1, 0.15) is 37.6 Å². The molecular formula is C15H25N3O2. The van der Waals surface area contributed by atoms with Crippen molar-refractivity contribution in [1.82, 2.24) is 10.3 Å². The first-order chi connectivity index (χ1) is 9.50. The number of anilines is 1. The molecule has 1 heterocycles. The lowest BCUT2D eigenvalue weighted by molar-refractivity contribution is 0.0921. The van der Waals surface area contributed by atoms with E-state index < -0.39 is 0 Å². The minimum absolute atomic E-state index is 0.00618. The Labute approximate surface area is 121 Å². The molecule has 0 bridgehead atoms. The van der Waals surface area contributed by atoms with Crippen molar-refractivity contribution in [3.8, 4) is 0 Å². The average molecular weight is 279 g/mol. The lowest BCUT2D eigenvalue weighted by atomic mass is 9.89. The summed E-state index contributed by atoms with van der Waals surface area (Å²) in [6.45, 7) is 8.23. The van der Waals surface area contributed by atoms with Crippen molar-refractivity contribution in [3.63, 3.8) is 0 Å². The summed E-state index contributed by atoms with van der Waals surface area (Å²) in [5, 5.41) is 6.07. The van der Waals surface area contributed by atoms with Gasteiger partial charge in [-0.1, -0.05) is 13.8 Å². The second kappa shape index (κ2) is 7.85. The van der Waals surface area contributed by atoms with Gasteiger partial charge in [0.25, 0.3) is 5.91 Å². The molecule has 0 aliphatic carbocycles. The fourth-order valence-electron chi connectivity index (χ4n) is 1.78. The Hall–Kier alpha value is -1.62. The summed E-state index contributed by atoms with van der Waals surface area (Å²) in [5.41, 5.74) is 0.587. The monoisotopic (exact) mass is 279 g/mol. The Morgan fingerprint density at radius 1 is 1.45 bits per heavy atom. The molecule has 1 aromatic rings. The zero-order valence-corrected chi connectivity index (χ0v) is 12.8. The van der Waals surface area contributed by atoms with Gasteiger partial charge in [-0.3, -0.25) is 4.79 Å². The van der Waals surface area contributed by atoms with Gasteiger partial charge in [0.2, 0.25) is 0 Å². The second-order valence-electron chi connectivity index (χ2n) is 5.52. The normalized spacial score (nSPS) is 11.2. The van der Waals surface area contributed by atoms with Gasteiger partial charge in [-0.2, -0.15) is 0 Å². The van der Waals surface area contributed by atoms with Crippen LogP contribution in [-0.2, 0) is 4.74 Å². The van der Waals surface area contributed by atoms with Crippen molar-refractivity contribution < 1.29 is 9.53 Å². The highest BCUT2D eigenvalue weighted by molar-refractivity contribution is 5.98. The Kier molecular flexibility index (Phi) is 6.45. The summed E-state index contributed by atoms with van der Waals surface area (Å²) in [6.07, 6.45) is 2.58. The van der Waals surface area contributed by atoms with Crippen LogP contribution < -0.4 is 10.6 Å². The standard InChI is InChI=1S/C15H25N3O2/c1-5-16-13-12(7-6-9-17-13)14(19)18-11-15(2,3)8-10-20-4/h6-7,9H,5,8,10-11H2,1-4H3,(H,16,17)(H,18,19). The number of methoxy groups -OCH3 is 1. The van der Waals surface area contributed by atoms with Gasteiger partial charge in [0, 0.05) is 33.0 Å². The van der Waals surface area contributed by atoms with E-state index in [4.69, 9.17) is 4.74 Å². The Morgan fingerprint density at radius 2 is 2.20 bits per heavy atom. The number of nitrogens with zero attached hydrogens (tertiary/aromatic N) is 1. The minimum Gasteiger partial charge on any atom is -0.385 e. The molecule has 0 aromatic carbocycles. The largest absolute Gasteiger partial charge is 0.385 e. The van der Waals surface area contributed by atoms with Crippen LogP contribution in [0.5, 0.6) is 0 Å². The maximum absolute atomic E-state index is 12.2. The molecule has 1 amide bonds. The Bertz CT molecular complexity index is 433. The average Bonchev–Trinajstić information content (AvgIpc) is 2.44. The van der Waals surface area contributed by atoms with E-state index in [0.29, 0.717) is 24.5 Å². The molecule has 5 nitrogen and oxygen atoms in total. The Balaban J connectivity index is 2.63. The maximum Gasteiger partial charge on any atom is 0.255 e. The van der Waals surface area contributed by atoms with Gasteiger partial charge in [-0.25, -0.2) is 4.98 Å². The van der Waals surface area contributed by atoms with Crippen molar-refractivity contribution in [3.05, 3.63) is 23.9 Å². The molecule has 0 unspecified atom stereocenters. The first-order valence-electron chi connectivity index (χ1n) is 6.96. The molecule has 1 aromatic heterocycles. The number of amides is 1. The molecule has 2 N–H and O–H groups in total. The quantitative estimate of drug-likeness (QED) is 0.766. The van der Waals surface area contributed by atoms with Crippen molar-refractivity contribution in [2.75, 3.05) is 32.1 Å². The SMILES string of the molecule is CCNc1ncccc1C(=O)NCC(C)(C)CCOC. The van der Waals surface area contributed by atoms with Gasteiger partial charge in [-0.15, -0.1) is 0 Å². The van der Waals surface area contributed by atoms with Crippen LogP contribution in [0.25, 0.3) is 0 Å². The molecule has 5 heteroatoms. The van der Waals surface area contributed by atoms with Crippen LogP contribution in [-0.4, -0.2) is 37.7 Å². The molecule has 0 saturated heterocycles. The zero-order chi connectivity index (χ0) is 15.0.